The van der Waals surface area contributed by atoms with Crippen LogP contribution in [-0.4, -0.2) is 35.9 Å². The van der Waals surface area contributed by atoms with Crippen molar-refractivity contribution in [3.63, 3.8) is 0 Å². The molecule has 2 rings (SSSR count). The van der Waals surface area contributed by atoms with Gasteiger partial charge in [-0.25, -0.2) is 0 Å². The number of likely N-dealkylation sites (tertiary alicyclic amines) is 1. The first-order valence-corrected chi connectivity index (χ1v) is 6.31. The first-order valence-electron chi connectivity index (χ1n) is 6.31. The van der Waals surface area contributed by atoms with Gasteiger partial charge in [-0.1, -0.05) is 37.3 Å². The van der Waals surface area contributed by atoms with E-state index in [0.29, 0.717) is 0 Å². The topological polar surface area (TPSA) is 46.3 Å². The molecule has 2 unspecified atom stereocenters. The molecule has 1 fully saturated rings. The molecule has 1 aromatic rings. The van der Waals surface area contributed by atoms with E-state index in [0.717, 1.165) is 31.5 Å². The number of rotatable bonds is 4. The summed E-state index contributed by atoms with van der Waals surface area (Å²) in [7, 11) is 0. The van der Waals surface area contributed by atoms with Crippen molar-refractivity contribution in [1.29, 1.82) is 0 Å². The van der Waals surface area contributed by atoms with Gasteiger partial charge in [-0.05, 0) is 12.8 Å². The normalized spacial score (nSPS) is 22.6. The molecule has 1 heterocycles. The van der Waals surface area contributed by atoms with Crippen LogP contribution < -0.4 is 5.73 Å². The summed E-state index contributed by atoms with van der Waals surface area (Å²) in [6.45, 7) is 3.85. The number of hydrogen-bond acceptors (Lipinski definition) is 3. The molecular formula is C14H20N2O. The van der Waals surface area contributed by atoms with Crippen LogP contribution in [0.4, 0.5) is 0 Å². The lowest BCUT2D eigenvalue weighted by Crippen LogP contribution is -2.40. The maximum Gasteiger partial charge on any atom is 0.179 e. The van der Waals surface area contributed by atoms with Gasteiger partial charge in [0.1, 0.15) is 0 Å². The van der Waals surface area contributed by atoms with Crippen molar-refractivity contribution in [1.82, 2.24) is 4.90 Å². The Hall–Kier alpha value is -1.19. The lowest BCUT2D eigenvalue weighted by atomic mass is 10.0. The van der Waals surface area contributed by atoms with Crippen molar-refractivity contribution in [3.05, 3.63) is 35.9 Å². The fraction of sp³-hybridized carbons (Fsp3) is 0.500. The van der Waals surface area contributed by atoms with E-state index in [1.54, 1.807) is 0 Å². The molecule has 1 aliphatic rings. The van der Waals surface area contributed by atoms with Crippen LogP contribution in [0.15, 0.2) is 30.3 Å². The number of ketones is 1. The molecule has 92 valence electrons. The minimum atomic E-state index is -0.00838. The van der Waals surface area contributed by atoms with Crippen LogP contribution in [-0.2, 0) is 0 Å². The molecule has 1 aromatic carbocycles. The largest absolute Gasteiger partial charge is 0.326 e. The van der Waals surface area contributed by atoms with Crippen LogP contribution in [0.3, 0.4) is 0 Å². The number of nitrogens with zero attached hydrogens (tertiary/aromatic N) is 1. The van der Waals surface area contributed by atoms with E-state index in [9.17, 15) is 4.79 Å². The number of nitrogens with two attached hydrogens (primary N) is 1. The van der Waals surface area contributed by atoms with Crippen LogP contribution in [0.2, 0.25) is 0 Å². The highest BCUT2D eigenvalue weighted by molar-refractivity contribution is 6.00. The molecule has 2 atom stereocenters. The number of hydrogen-bond donors (Lipinski definition) is 1. The SMILES string of the molecule is CCC(C(=O)c1ccccc1)N1CCC(N)C1. The summed E-state index contributed by atoms with van der Waals surface area (Å²) in [6.07, 6.45) is 1.85. The summed E-state index contributed by atoms with van der Waals surface area (Å²) < 4.78 is 0. The average molecular weight is 232 g/mol. The standard InChI is InChI=1S/C14H20N2O/c1-2-13(16-9-8-12(15)10-16)14(17)11-6-4-3-5-7-11/h3-7,12-13H,2,8-10,15H2,1H3. The van der Waals surface area contributed by atoms with E-state index in [1.807, 2.05) is 30.3 Å². The van der Waals surface area contributed by atoms with Crippen molar-refractivity contribution in [3.8, 4) is 0 Å². The van der Waals surface area contributed by atoms with Crippen molar-refractivity contribution in [2.45, 2.75) is 31.8 Å². The highest BCUT2D eigenvalue weighted by Crippen LogP contribution is 2.17. The summed E-state index contributed by atoms with van der Waals surface area (Å²) >= 11 is 0. The van der Waals surface area contributed by atoms with Gasteiger partial charge in [-0.15, -0.1) is 0 Å². The third-order valence-corrected chi connectivity index (χ3v) is 3.44. The van der Waals surface area contributed by atoms with E-state index >= 15 is 0 Å². The van der Waals surface area contributed by atoms with Gasteiger partial charge in [0, 0.05) is 24.7 Å². The molecule has 3 nitrogen and oxygen atoms in total. The Morgan fingerprint density at radius 3 is 2.71 bits per heavy atom. The molecular weight excluding hydrogens is 212 g/mol. The third kappa shape index (κ3) is 2.73. The molecule has 1 aliphatic heterocycles. The Morgan fingerprint density at radius 1 is 1.47 bits per heavy atom. The van der Waals surface area contributed by atoms with E-state index < -0.39 is 0 Å². The molecule has 0 aliphatic carbocycles. The van der Waals surface area contributed by atoms with E-state index in [1.165, 1.54) is 0 Å². The predicted octanol–water partition coefficient (Wildman–Crippen LogP) is 1.68. The maximum atomic E-state index is 12.4. The minimum Gasteiger partial charge on any atom is -0.326 e. The first-order chi connectivity index (χ1) is 8.22. The third-order valence-electron chi connectivity index (χ3n) is 3.44. The van der Waals surface area contributed by atoms with Crippen molar-refractivity contribution in [2.75, 3.05) is 13.1 Å². The molecule has 0 saturated carbocycles. The zero-order valence-electron chi connectivity index (χ0n) is 10.3. The average Bonchev–Trinajstić information content (AvgIpc) is 2.78. The van der Waals surface area contributed by atoms with Crippen molar-refractivity contribution in [2.24, 2.45) is 5.73 Å². The van der Waals surface area contributed by atoms with Crippen LogP contribution in [0.25, 0.3) is 0 Å². The molecule has 3 heteroatoms. The molecule has 0 aromatic heterocycles. The summed E-state index contributed by atoms with van der Waals surface area (Å²) in [5.41, 5.74) is 6.71. The fourth-order valence-corrected chi connectivity index (χ4v) is 2.50. The smallest absolute Gasteiger partial charge is 0.179 e. The van der Waals surface area contributed by atoms with Crippen LogP contribution >= 0.6 is 0 Å². The highest BCUT2D eigenvalue weighted by atomic mass is 16.1. The fourth-order valence-electron chi connectivity index (χ4n) is 2.50. The molecule has 17 heavy (non-hydrogen) atoms. The molecule has 0 radical (unpaired) electrons. The summed E-state index contributed by atoms with van der Waals surface area (Å²) in [6, 6.07) is 9.76. The van der Waals surface area contributed by atoms with Gasteiger partial charge >= 0.3 is 0 Å². The second kappa shape index (κ2) is 5.43. The van der Waals surface area contributed by atoms with Gasteiger partial charge < -0.3 is 5.73 Å². The Morgan fingerprint density at radius 2 is 2.18 bits per heavy atom. The highest BCUT2D eigenvalue weighted by Gasteiger charge is 2.30. The van der Waals surface area contributed by atoms with Gasteiger partial charge in [0.25, 0.3) is 0 Å². The lowest BCUT2D eigenvalue weighted by molar-refractivity contribution is 0.0842. The number of benzene rings is 1. The summed E-state index contributed by atoms with van der Waals surface area (Å²) in [5, 5.41) is 0. The molecule has 1 saturated heterocycles. The molecule has 0 amide bonds. The molecule has 0 spiro atoms. The Balaban J connectivity index is 2.11. The second-order valence-corrected chi connectivity index (χ2v) is 4.70. The van der Waals surface area contributed by atoms with Crippen LogP contribution in [0.5, 0.6) is 0 Å². The Kier molecular flexibility index (Phi) is 3.92. The molecule has 0 bridgehead atoms. The van der Waals surface area contributed by atoms with Gasteiger partial charge in [0.15, 0.2) is 5.78 Å². The van der Waals surface area contributed by atoms with Crippen molar-refractivity contribution < 1.29 is 4.79 Å². The van der Waals surface area contributed by atoms with Crippen LogP contribution in [0.1, 0.15) is 30.1 Å². The maximum absolute atomic E-state index is 12.4. The number of carbonyl (C=O) groups excluding carboxylic acids is 1. The van der Waals surface area contributed by atoms with E-state index in [2.05, 4.69) is 11.8 Å². The van der Waals surface area contributed by atoms with E-state index in [-0.39, 0.29) is 17.9 Å². The molecule has 2 N–H and O–H groups in total. The van der Waals surface area contributed by atoms with Gasteiger partial charge in [-0.2, -0.15) is 0 Å². The van der Waals surface area contributed by atoms with Gasteiger partial charge in [-0.3, -0.25) is 9.69 Å². The minimum absolute atomic E-state index is 0.00838. The van der Waals surface area contributed by atoms with E-state index in [4.69, 9.17) is 5.73 Å². The monoisotopic (exact) mass is 232 g/mol. The first kappa shape index (κ1) is 12.3. The van der Waals surface area contributed by atoms with Gasteiger partial charge in [0.2, 0.25) is 0 Å². The summed E-state index contributed by atoms with van der Waals surface area (Å²) in [5.74, 6) is 0.224. The second-order valence-electron chi connectivity index (χ2n) is 4.70. The van der Waals surface area contributed by atoms with Crippen molar-refractivity contribution >= 4 is 5.78 Å². The lowest BCUT2D eigenvalue weighted by Gasteiger charge is -2.25. The summed E-state index contributed by atoms with van der Waals surface area (Å²) in [4.78, 5) is 14.6. The quantitative estimate of drug-likeness (QED) is 0.803. The number of Topliss-reactive ketones (excluding diaryl/α,β-unsaturated/α-hetero) is 1. The number of carbonyl (C=O) groups is 1. The Bertz CT molecular complexity index is 377. The van der Waals surface area contributed by atoms with Gasteiger partial charge in [0.05, 0.1) is 6.04 Å². The van der Waals surface area contributed by atoms with Crippen LogP contribution in [0, 0.1) is 0 Å². The predicted molar refractivity (Wildman–Crippen MR) is 69.0 cm³/mol. The Labute approximate surface area is 103 Å². The zero-order chi connectivity index (χ0) is 12.3. The zero-order valence-corrected chi connectivity index (χ0v) is 10.3.